The highest BCUT2D eigenvalue weighted by atomic mass is 16.5. The van der Waals surface area contributed by atoms with Gasteiger partial charge in [0.2, 0.25) is 0 Å². The van der Waals surface area contributed by atoms with Crippen LogP contribution in [0.25, 0.3) is 0 Å². The number of rotatable bonds is 4. The molecule has 2 atom stereocenters. The van der Waals surface area contributed by atoms with Gasteiger partial charge in [0.15, 0.2) is 0 Å². The minimum absolute atomic E-state index is 0.423. The average Bonchev–Trinajstić information content (AvgIpc) is 2.47. The Balaban J connectivity index is 1.93. The molecule has 0 spiro atoms. The van der Waals surface area contributed by atoms with Crippen LogP contribution in [0.1, 0.15) is 18.9 Å². The summed E-state index contributed by atoms with van der Waals surface area (Å²) < 4.78 is 5.48. The minimum Gasteiger partial charge on any atom is -0.379 e. The third-order valence-corrected chi connectivity index (χ3v) is 3.69. The monoisotopic (exact) mass is 259 g/mol. The third kappa shape index (κ3) is 3.69. The first-order valence-electron chi connectivity index (χ1n) is 6.75. The number of benzene rings is 1. The molecule has 2 unspecified atom stereocenters. The van der Waals surface area contributed by atoms with Crippen molar-refractivity contribution in [1.29, 1.82) is 5.26 Å². The van der Waals surface area contributed by atoms with Gasteiger partial charge in [-0.1, -0.05) is 0 Å². The van der Waals surface area contributed by atoms with Crippen LogP contribution in [0, 0.1) is 11.3 Å². The number of anilines is 1. The van der Waals surface area contributed by atoms with Crippen molar-refractivity contribution in [3.63, 3.8) is 0 Å². The molecule has 4 nitrogen and oxygen atoms in total. The second kappa shape index (κ2) is 6.55. The number of hydrogen-bond donors (Lipinski definition) is 1. The van der Waals surface area contributed by atoms with E-state index in [4.69, 9.17) is 10.00 Å². The fraction of sp³-hybridized carbons (Fsp3) is 0.533. The largest absolute Gasteiger partial charge is 0.379 e. The average molecular weight is 259 g/mol. The molecule has 1 aliphatic rings. The molecular weight excluding hydrogens is 238 g/mol. The standard InChI is InChI=1S/C15H21N3O/c1-12(9-14-11-19-8-7-17-14)18(2)15-5-3-13(10-16)4-6-15/h3-6,12,14,17H,7-9,11H2,1-2H3. The van der Waals surface area contributed by atoms with Crippen molar-refractivity contribution in [2.24, 2.45) is 0 Å². The topological polar surface area (TPSA) is 48.3 Å². The van der Waals surface area contributed by atoms with Crippen molar-refractivity contribution in [1.82, 2.24) is 5.32 Å². The summed E-state index contributed by atoms with van der Waals surface area (Å²) in [6.45, 7) is 4.77. The molecule has 1 heterocycles. The summed E-state index contributed by atoms with van der Waals surface area (Å²) in [7, 11) is 2.09. The van der Waals surface area contributed by atoms with Crippen LogP contribution in [0.3, 0.4) is 0 Å². The minimum atomic E-state index is 0.423. The summed E-state index contributed by atoms with van der Waals surface area (Å²) in [5, 5.41) is 12.3. The zero-order valence-corrected chi connectivity index (χ0v) is 11.6. The number of hydrogen-bond acceptors (Lipinski definition) is 4. The molecule has 4 heteroatoms. The lowest BCUT2D eigenvalue weighted by Crippen LogP contribution is -2.45. The lowest BCUT2D eigenvalue weighted by Gasteiger charge is -2.32. The van der Waals surface area contributed by atoms with Crippen LogP contribution in [0.5, 0.6) is 0 Å². The van der Waals surface area contributed by atoms with Gasteiger partial charge in [0, 0.05) is 31.4 Å². The highest BCUT2D eigenvalue weighted by Crippen LogP contribution is 2.18. The van der Waals surface area contributed by atoms with E-state index in [2.05, 4.69) is 30.3 Å². The van der Waals surface area contributed by atoms with Gasteiger partial charge in [0.05, 0.1) is 24.8 Å². The number of morpholine rings is 1. The van der Waals surface area contributed by atoms with Gasteiger partial charge in [0.25, 0.3) is 0 Å². The molecule has 0 amide bonds. The maximum Gasteiger partial charge on any atom is 0.0991 e. The van der Waals surface area contributed by atoms with E-state index in [1.807, 2.05) is 24.3 Å². The van der Waals surface area contributed by atoms with Gasteiger partial charge in [-0.25, -0.2) is 0 Å². The Labute approximate surface area is 115 Å². The maximum absolute atomic E-state index is 8.81. The van der Waals surface area contributed by atoms with E-state index in [1.54, 1.807) is 0 Å². The van der Waals surface area contributed by atoms with Crippen molar-refractivity contribution >= 4 is 5.69 Å². The number of ether oxygens (including phenoxy) is 1. The Hall–Kier alpha value is -1.57. The third-order valence-electron chi connectivity index (χ3n) is 3.69. The molecule has 1 aliphatic heterocycles. The second-order valence-corrected chi connectivity index (χ2v) is 5.08. The van der Waals surface area contributed by atoms with Crippen LogP contribution >= 0.6 is 0 Å². The fourth-order valence-electron chi connectivity index (χ4n) is 2.37. The predicted molar refractivity (Wildman–Crippen MR) is 76.2 cm³/mol. The number of nitrogens with one attached hydrogen (secondary N) is 1. The van der Waals surface area contributed by atoms with Crippen molar-refractivity contribution < 1.29 is 4.74 Å². The maximum atomic E-state index is 8.81. The van der Waals surface area contributed by atoms with Crippen LogP contribution in [-0.4, -0.2) is 38.9 Å². The molecule has 1 fully saturated rings. The van der Waals surface area contributed by atoms with E-state index in [1.165, 1.54) is 0 Å². The molecule has 1 saturated heterocycles. The SMILES string of the molecule is CC(CC1COCCN1)N(C)c1ccc(C#N)cc1. The zero-order valence-electron chi connectivity index (χ0n) is 11.6. The zero-order chi connectivity index (χ0) is 13.7. The number of nitrogens with zero attached hydrogens (tertiary/aromatic N) is 2. The van der Waals surface area contributed by atoms with Crippen LogP contribution < -0.4 is 10.2 Å². The molecule has 0 bridgehead atoms. The van der Waals surface area contributed by atoms with Gasteiger partial charge >= 0.3 is 0 Å². The Kier molecular flexibility index (Phi) is 4.78. The summed E-state index contributed by atoms with van der Waals surface area (Å²) in [4.78, 5) is 2.25. The molecule has 19 heavy (non-hydrogen) atoms. The fourth-order valence-corrected chi connectivity index (χ4v) is 2.37. The first-order chi connectivity index (χ1) is 9.20. The van der Waals surface area contributed by atoms with Crippen molar-refractivity contribution in [2.75, 3.05) is 31.7 Å². The second-order valence-electron chi connectivity index (χ2n) is 5.08. The molecule has 102 valence electrons. The molecule has 1 N–H and O–H groups in total. The van der Waals surface area contributed by atoms with Gasteiger partial charge in [-0.05, 0) is 37.6 Å². The molecule has 0 radical (unpaired) electrons. The van der Waals surface area contributed by atoms with Gasteiger partial charge < -0.3 is 15.0 Å². The van der Waals surface area contributed by atoms with Crippen molar-refractivity contribution in [2.45, 2.75) is 25.4 Å². The summed E-state index contributed by atoms with van der Waals surface area (Å²) in [6, 6.07) is 10.7. The Bertz CT molecular complexity index is 432. The molecule has 0 saturated carbocycles. The molecule has 1 aromatic rings. The van der Waals surface area contributed by atoms with Gasteiger partial charge in [-0.15, -0.1) is 0 Å². The summed E-state index contributed by atoms with van der Waals surface area (Å²) >= 11 is 0. The predicted octanol–water partition coefficient (Wildman–Crippen LogP) is 1.76. The number of nitriles is 1. The van der Waals surface area contributed by atoms with E-state index in [9.17, 15) is 0 Å². The lowest BCUT2D eigenvalue weighted by atomic mass is 10.1. The first-order valence-corrected chi connectivity index (χ1v) is 6.75. The van der Waals surface area contributed by atoms with Crippen LogP contribution in [0.15, 0.2) is 24.3 Å². The van der Waals surface area contributed by atoms with E-state index in [-0.39, 0.29) is 0 Å². The highest BCUT2D eigenvalue weighted by Gasteiger charge is 2.19. The molecule has 0 aliphatic carbocycles. The van der Waals surface area contributed by atoms with Gasteiger partial charge in [-0.3, -0.25) is 0 Å². The van der Waals surface area contributed by atoms with Crippen molar-refractivity contribution in [3.05, 3.63) is 29.8 Å². The quantitative estimate of drug-likeness (QED) is 0.895. The molecule has 2 rings (SSSR count). The van der Waals surface area contributed by atoms with Crippen LogP contribution in [0.4, 0.5) is 5.69 Å². The van der Waals surface area contributed by atoms with Gasteiger partial charge in [-0.2, -0.15) is 5.26 Å². The van der Waals surface area contributed by atoms with Crippen LogP contribution in [-0.2, 0) is 4.74 Å². The smallest absolute Gasteiger partial charge is 0.0991 e. The summed E-state index contributed by atoms with van der Waals surface area (Å²) in [5.74, 6) is 0. The molecule has 1 aromatic carbocycles. The molecular formula is C15H21N3O. The first kappa shape index (κ1) is 13.9. The molecule has 0 aromatic heterocycles. The lowest BCUT2D eigenvalue weighted by molar-refractivity contribution is 0.0724. The van der Waals surface area contributed by atoms with E-state index < -0.39 is 0 Å². The van der Waals surface area contributed by atoms with E-state index in [0.29, 0.717) is 17.6 Å². The summed E-state index contributed by atoms with van der Waals surface area (Å²) in [5.41, 5.74) is 1.84. The van der Waals surface area contributed by atoms with Crippen molar-refractivity contribution in [3.8, 4) is 6.07 Å². The Morgan fingerprint density at radius 1 is 1.47 bits per heavy atom. The Morgan fingerprint density at radius 2 is 2.21 bits per heavy atom. The Morgan fingerprint density at radius 3 is 2.79 bits per heavy atom. The normalized spacial score (nSPS) is 20.6. The van der Waals surface area contributed by atoms with E-state index >= 15 is 0 Å². The summed E-state index contributed by atoms with van der Waals surface area (Å²) in [6.07, 6.45) is 1.05. The van der Waals surface area contributed by atoms with Gasteiger partial charge in [0.1, 0.15) is 0 Å². The van der Waals surface area contributed by atoms with E-state index in [0.717, 1.165) is 31.9 Å². The van der Waals surface area contributed by atoms with Crippen LogP contribution in [0.2, 0.25) is 0 Å². The highest BCUT2D eigenvalue weighted by molar-refractivity contribution is 5.49.